The van der Waals surface area contributed by atoms with Gasteiger partial charge in [-0.05, 0) is 32.6 Å². The molecule has 4 heteroatoms. The van der Waals surface area contributed by atoms with E-state index in [0.717, 1.165) is 24.7 Å². The summed E-state index contributed by atoms with van der Waals surface area (Å²) in [4.78, 5) is 11.4. The Balaban J connectivity index is 2.40. The van der Waals surface area contributed by atoms with Crippen LogP contribution in [0.5, 0.6) is 0 Å². The van der Waals surface area contributed by atoms with Crippen molar-refractivity contribution in [2.24, 2.45) is 0 Å². The van der Waals surface area contributed by atoms with Crippen molar-refractivity contribution < 1.29 is 0 Å². The van der Waals surface area contributed by atoms with Crippen molar-refractivity contribution >= 4 is 11.6 Å². The van der Waals surface area contributed by atoms with Gasteiger partial charge in [-0.2, -0.15) is 0 Å². The number of anilines is 2. The molecule has 1 aromatic heterocycles. The lowest BCUT2D eigenvalue weighted by atomic mass is 10.0. The van der Waals surface area contributed by atoms with Gasteiger partial charge >= 0.3 is 0 Å². The molecule has 1 aliphatic carbocycles. The third kappa shape index (κ3) is 2.57. The van der Waals surface area contributed by atoms with Crippen LogP contribution in [-0.2, 0) is 0 Å². The molecule has 0 atom stereocenters. The van der Waals surface area contributed by atoms with Crippen LogP contribution in [0.25, 0.3) is 0 Å². The Kier molecular flexibility index (Phi) is 4.04. The van der Waals surface area contributed by atoms with Crippen LogP contribution >= 0.6 is 0 Å². The van der Waals surface area contributed by atoms with Crippen LogP contribution in [0, 0.1) is 0 Å². The molecular formula is C14H24N4. The quantitative estimate of drug-likeness (QED) is 0.840. The van der Waals surface area contributed by atoms with Crippen molar-refractivity contribution in [3.8, 4) is 0 Å². The molecule has 1 heterocycles. The van der Waals surface area contributed by atoms with Crippen LogP contribution in [0.15, 0.2) is 6.33 Å². The molecule has 1 aliphatic rings. The maximum Gasteiger partial charge on any atom is 0.137 e. The monoisotopic (exact) mass is 248 g/mol. The van der Waals surface area contributed by atoms with E-state index in [4.69, 9.17) is 0 Å². The second kappa shape index (κ2) is 5.55. The molecule has 0 bridgehead atoms. The predicted octanol–water partition coefficient (Wildman–Crippen LogP) is 3.02. The first-order valence-electron chi connectivity index (χ1n) is 7.04. The highest BCUT2D eigenvalue weighted by Gasteiger charge is 2.31. The maximum atomic E-state index is 4.55. The summed E-state index contributed by atoms with van der Waals surface area (Å²) in [5.74, 6) is 2.56. The number of hydrogen-bond acceptors (Lipinski definition) is 4. The zero-order valence-corrected chi connectivity index (χ0v) is 11.9. The summed E-state index contributed by atoms with van der Waals surface area (Å²) in [6, 6.07) is 0.692. The molecule has 0 spiro atoms. The van der Waals surface area contributed by atoms with Crippen LogP contribution in [0.1, 0.15) is 52.0 Å². The Labute approximate surface area is 110 Å². The molecule has 1 aromatic rings. The van der Waals surface area contributed by atoms with Crippen molar-refractivity contribution in [1.82, 2.24) is 9.97 Å². The Morgan fingerprint density at radius 3 is 2.56 bits per heavy atom. The topological polar surface area (TPSA) is 41.1 Å². The molecule has 1 N–H and O–H groups in total. The van der Waals surface area contributed by atoms with Gasteiger partial charge in [0.2, 0.25) is 0 Å². The molecular weight excluding hydrogens is 224 g/mol. The van der Waals surface area contributed by atoms with E-state index in [2.05, 4.69) is 47.9 Å². The molecule has 0 saturated heterocycles. The van der Waals surface area contributed by atoms with Gasteiger partial charge in [-0.15, -0.1) is 0 Å². The zero-order valence-electron chi connectivity index (χ0n) is 11.9. The fraction of sp³-hybridized carbons (Fsp3) is 0.714. The highest BCUT2D eigenvalue weighted by atomic mass is 15.2. The van der Waals surface area contributed by atoms with E-state index in [1.165, 1.54) is 18.4 Å². The summed E-state index contributed by atoms with van der Waals surface area (Å²) in [5, 5.41) is 3.36. The lowest BCUT2D eigenvalue weighted by Gasteiger charge is -2.26. The van der Waals surface area contributed by atoms with Gasteiger partial charge in [-0.3, -0.25) is 0 Å². The summed E-state index contributed by atoms with van der Waals surface area (Å²) in [5.41, 5.74) is 1.26. The van der Waals surface area contributed by atoms with Gasteiger partial charge in [0.1, 0.15) is 18.0 Å². The molecule has 100 valence electrons. The van der Waals surface area contributed by atoms with E-state index in [1.54, 1.807) is 6.33 Å². The Morgan fingerprint density at radius 1 is 1.33 bits per heavy atom. The first-order valence-corrected chi connectivity index (χ1v) is 7.04. The summed E-state index contributed by atoms with van der Waals surface area (Å²) < 4.78 is 0. The fourth-order valence-corrected chi connectivity index (χ4v) is 2.42. The smallest absolute Gasteiger partial charge is 0.137 e. The van der Waals surface area contributed by atoms with E-state index in [9.17, 15) is 0 Å². The largest absolute Gasteiger partial charge is 0.370 e. The summed E-state index contributed by atoms with van der Waals surface area (Å²) >= 11 is 0. The molecule has 2 rings (SSSR count). The van der Waals surface area contributed by atoms with Crippen molar-refractivity contribution in [2.75, 3.05) is 23.3 Å². The first-order chi connectivity index (χ1) is 8.69. The van der Waals surface area contributed by atoms with Gasteiger partial charge in [0.15, 0.2) is 0 Å². The zero-order chi connectivity index (χ0) is 13.1. The van der Waals surface area contributed by atoms with Gasteiger partial charge in [0.05, 0.1) is 0 Å². The minimum Gasteiger partial charge on any atom is -0.370 e. The lowest BCUT2D eigenvalue weighted by Crippen LogP contribution is -2.28. The normalized spacial score (nSPS) is 14.9. The van der Waals surface area contributed by atoms with Crippen molar-refractivity contribution in [3.05, 3.63) is 11.9 Å². The Bertz CT molecular complexity index is 399. The second-order valence-electron chi connectivity index (χ2n) is 5.16. The van der Waals surface area contributed by atoms with E-state index in [0.29, 0.717) is 12.0 Å². The summed E-state index contributed by atoms with van der Waals surface area (Å²) in [7, 11) is 0. The molecule has 0 aromatic carbocycles. The number of rotatable bonds is 6. The number of nitrogens with zero attached hydrogens (tertiary/aromatic N) is 3. The van der Waals surface area contributed by atoms with Gasteiger partial charge < -0.3 is 10.2 Å². The van der Waals surface area contributed by atoms with E-state index >= 15 is 0 Å². The molecule has 0 radical (unpaired) electrons. The lowest BCUT2D eigenvalue weighted by molar-refractivity contribution is 0.767. The molecule has 0 amide bonds. The van der Waals surface area contributed by atoms with Gasteiger partial charge in [-0.25, -0.2) is 9.97 Å². The van der Waals surface area contributed by atoms with Crippen LogP contribution in [0.2, 0.25) is 0 Å². The van der Waals surface area contributed by atoms with Gasteiger partial charge in [0.25, 0.3) is 0 Å². The van der Waals surface area contributed by atoms with E-state index in [-0.39, 0.29) is 0 Å². The van der Waals surface area contributed by atoms with E-state index < -0.39 is 0 Å². The van der Waals surface area contributed by atoms with E-state index in [1.807, 2.05) is 0 Å². The highest BCUT2D eigenvalue weighted by Crippen LogP contribution is 2.36. The summed E-state index contributed by atoms with van der Waals surface area (Å²) in [6.45, 7) is 10.6. The Morgan fingerprint density at radius 2 is 2.06 bits per heavy atom. The Hall–Kier alpha value is -1.32. The molecule has 1 fully saturated rings. The molecule has 4 nitrogen and oxygen atoms in total. The highest BCUT2D eigenvalue weighted by molar-refractivity contribution is 5.61. The molecule has 0 unspecified atom stereocenters. The minimum absolute atomic E-state index is 0.433. The van der Waals surface area contributed by atoms with Crippen LogP contribution in [0.4, 0.5) is 11.6 Å². The fourth-order valence-electron chi connectivity index (χ4n) is 2.42. The average Bonchev–Trinajstić information content (AvgIpc) is 3.15. The van der Waals surface area contributed by atoms with Gasteiger partial charge in [0, 0.05) is 24.7 Å². The third-order valence-electron chi connectivity index (χ3n) is 3.38. The van der Waals surface area contributed by atoms with Crippen molar-refractivity contribution in [1.29, 1.82) is 0 Å². The van der Waals surface area contributed by atoms with Crippen LogP contribution in [-0.4, -0.2) is 29.1 Å². The minimum atomic E-state index is 0.433. The summed E-state index contributed by atoms with van der Waals surface area (Å²) in [6.07, 6.45) is 4.28. The van der Waals surface area contributed by atoms with Crippen molar-refractivity contribution in [3.63, 3.8) is 0 Å². The van der Waals surface area contributed by atoms with Crippen molar-refractivity contribution in [2.45, 2.75) is 52.5 Å². The maximum absolute atomic E-state index is 4.55. The van der Waals surface area contributed by atoms with Crippen LogP contribution in [0.3, 0.4) is 0 Å². The first kappa shape index (κ1) is 13.1. The molecule has 18 heavy (non-hydrogen) atoms. The predicted molar refractivity (Wildman–Crippen MR) is 76.3 cm³/mol. The van der Waals surface area contributed by atoms with Gasteiger partial charge in [-0.1, -0.05) is 13.8 Å². The second-order valence-corrected chi connectivity index (χ2v) is 5.16. The number of hydrogen-bond donors (Lipinski definition) is 1. The SMILES string of the molecule is CCNc1ncnc(N(CC)C2CC2)c1C(C)C. The number of aromatic nitrogens is 2. The molecule has 0 aliphatic heterocycles. The standard InChI is InChI=1S/C14H24N4/c1-5-15-13-12(10(3)4)14(17-9-16-13)18(6-2)11-7-8-11/h9-11H,5-8H2,1-4H3,(H,15,16,17). The third-order valence-corrected chi connectivity index (χ3v) is 3.38. The van der Waals surface area contributed by atoms with Crippen LogP contribution < -0.4 is 10.2 Å². The number of nitrogens with one attached hydrogen (secondary N) is 1. The average molecular weight is 248 g/mol. The molecule has 1 saturated carbocycles.